The summed E-state index contributed by atoms with van der Waals surface area (Å²) in [5.74, 6) is 4.18. The molecule has 0 saturated heterocycles. The van der Waals surface area contributed by atoms with E-state index in [9.17, 15) is 4.79 Å². The van der Waals surface area contributed by atoms with Crippen LogP contribution in [0.2, 0.25) is 0 Å². The highest BCUT2D eigenvalue weighted by molar-refractivity contribution is 5.94. The van der Waals surface area contributed by atoms with Gasteiger partial charge in [-0.05, 0) is 36.8 Å². The number of hydrogen-bond acceptors (Lipinski definition) is 4. The summed E-state index contributed by atoms with van der Waals surface area (Å²) in [4.78, 5) is 12.5. The molecule has 3 aromatic rings. The second-order valence-electron chi connectivity index (χ2n) is 6.63. The van der Waals surface area contributed by atoms with Crippen LogP contribution in [0.25, 0.3) is 5.69 Å². The number of ether oxygens (including phenoxy) is 2. The molecular weight excluding hydrogens is 366 g/mol. The third-order valence-corrected chi connectivity index (χ3v) is 4.80. The number of carbonyl (C=O) groups excluding carboxylic acids is 1. The molecular formula is C23H21N3O3. The molecule has 0 spiro atoms. The second kappa shape index (κ2) is 8.11. The van der Waals surface area contributed by atoms with Gasteiger partial charge < -0.3 is 14.8 Å². The van der Waals surface area contributed by atoms with E-state index in [2.05, 4.69) is 16.3 Å². The van der Waals surface area contributed by atoms with Gasteiger partial charge in [0.2, 0.25) is 5.91 Å². The molecule has 1 atom stereocenters. The quantitative estimate of drug-likeness (QED) is 0.654. The van der Waals surface area contributed by atoms with E-state index in [1.807, 2.05) is 61.7 Å². The number of amides is 1. The molecule has 29 heavy (non-hydrogen) atoms. The largest absolute Gasteiger partial charge is 0.490 e. The van der Waals surface area contributed by atoms with E-state index in [4.69, 9.17) is 15.9 Å². The minimum Gasteiger partial charge on any atom is -0.490 e. The summed E-state index contributed by atoms with van der Waals surface area (Å²) in [6, 6.07) is 15.4. The van der Waals surface area contributed by atoms with Crippen molar-refractivity contribution in [2.75, 3.05) is 18.5 Å². The van der Waals surface area contributed by atoms with Gasteiger partial charge in [-0.3, -0.25) is 4.79 Å². The molecule has 0 radical (unpaired) electrons. The minimum absolute atomic E-state index is 0.0502. The average Bonchev–Trinajstić information content (AvgIpc) is 3.17. The van der Waals surface area contributed by atoms with Crippen molar-refractivity contribution >= 4 is 11.7 Å². The predicted molar refractivity (Wildman–Crippen MR) is 111 cm³/mol. The van der Waals surface area contributed by atoms with Crippen LogP contribution in [0.4, 0.5) is 5.82 Å². The van der Waals surface area contributed by atoms with Crippen LogP contribution >= 0.6 is 0 Å². The van der Waals surface area contributed by atoms with Crippen molar-refractivity contribution in [2.45, 2.75) is 19.3 Å². The van der Waals surface area contributed by atoms with E-state index in [1.54, 1.807) is 4.68 Å². The number of anilines is 1. The zero-order valence-electron chi connectivity index (χ0n) is 16.1. The van der Waals surface area contributed by atoms with Gasteiger partial charge in [0.05, 0.1) is 18.5 Å². The zero-order valence-corrected chi connectivity index (χ0v) is 16.1. The molecule has 0 saturated carbocycles. The second-order valence-corrected chi connectivity index (χ2v) is 6.63. The monoisotopic (exact) mass is 387 g/mol. The van der Waals surface area contributed by atoms with Crippen LogP contribution in [-0.2, 0) is 4.79 Å². The molecule has 0 bridgehead atoms. The highest BCUT2D eigenvalue weighted by Gasteiger charge is 2.31. The molecule has 2 heterocycles. The molecule has 0 unspecified atom stereocenters. The molecule has 0 fully saturated rings. The number of benzene rings is 2. The fraction of sp³-hybridized carbons (Fsp3) is 0.217. The first-order valence-electron chi connectivity index (χ1n) is 9.47. The Morgan fingerprint density at radius 1 is 1.21 bits per heavy atom. The fourth-order valence-corrected chi connectivity index (χ4v) is 3.53. The first-order valence-corrected chi connectivity index (χ1v) is 9.47. The maximum absolute atomic E-state index is 12.5. The van der Waals surface area contributed by atoms with Crippen LogP contribution in [0.1, 0.15) is 30.4 Å². The Bertz CT molecular complexity index is 1070. The average molecular weight is 387 g/mol. The highest BCUT2D eigenvalue weighted by atomic mass is 16.5. The summed E-state index contributed by atoms with van der Waals surface area (Å²) < 4.78 is 13.1. The van der Waals surface area contributed by atoms with Crippen LogP contribution in [0.5, 0.6) is 11.5 Å². The number of carbonyl (C=O) groups is 1. The lowest BCUT2D eigenvalue weighted by Gasteiger charge is -2.24. The summed E-state index contributed by atoms with van der Waals surface area (Å²) in [7, 11) is 0. The molecule has 6 nitrogen and oxygen atoms in total. The van der Waals surface area contributed by atoms with Crippen molar-refractivity contribution in [2.24, 2.45) is 0 Å². The third kappa shape index (κ3) is 3.67. The standard InChI is InChI=1S/C23H21N3O3/c1-3-12-29-20-11-10-16(13-21(20)28-4-2)18-14-22(27)25-23-19(18)15-24-26(23)17-8-6-5-7-9-17/h1,5-11,13,15,18H,4,12,14H2,2H3,(H,25,27)/t18-/m0/s1. The van der Waals surface area contributed by atoms with E-state index in [1.165, 1.54) is 0 Å². The van der Waals surface area contributed by atoms with Crippen molar-refractivity contribution < 1.29 is 14.3 Å². The number of nitrogens with one attached hydrogen (secondary N) is 1. The number of terminal acetylenes is 1. The Balaban J connectivity index is 1.74. The summed E-state index contributed by atoms with van der Waals surface area (Å²) in [5.41, 5.74) is 2.82. The molecule has 4 rings (SSSR count). The predicted octanol–water partition coefficient (Wildman–Crippen LogP) is 3.76. The highest BCUT2D eigenvalue weighted by Crippen LogP contribution is 2.40. The first-order chi connectivity index (χ1) is 14.2. The van der Waals surface area contributed by atoms with Crippen molar-refractivity contribution in [3.8, 4) is 29.5 Å². The van der Waals surface area contributed by atoms with Crippen molar-refractivity contribution in [1.82, 2.24) is 9.78 Å². The number of fused-ring (bicyclic) bond motifs is 1. The fourth-order valence-electron chi connectivity index (χ4n) is 3.53. The van der Waals surface area contributed by atoms with Gasteiger partial charge in [0.25, 0.3) is 0 Å². The Kier molecular flexibility index (Phi) is 5.21. The van der Waals surface area contributed by atoms with Gasteiger partial charge in [-0.25, -0.2) is 4.68 Å². The number of rotatable bonds is 6. The van der Waals surface area contributed by atoms with E-state index < -0.39 is 0 Å². The first kappa shape index (κ1) is 18.6. The van der Waals surface area contributed by atoms with Crippen LogP contribution < -0.4 is 14.8 Å². The molecule has 1 N–H and O–H groups in total. The Labute approximate surface area is 169 Å². The minimum atomic E-state index is -0.128. The Morgan fingerprint density at radius 3 is 2.79 bits per heavy atom. The Hall–Kier alpha value is -3.72. The van der Waals surface area contributed by atoms with Crippen LogP contribution in [0, 0.1) is 12.3 Å². The van der Waals surface area contributed by atoms with E-state index in [0.29, 0.717) is 30.3 Å². The summed E-state index contributed by atoms with van der Waals surface area (Å²) in [5, 5.41) is 7.49. The lowest BCUT2D eigenvalue weighted by molar-refractivity contribution is -0.116. The molecule has 146 valence electrons. The van der Waals surface area contributed by atoms with Gasteiger partial charge in [-0.1, -0.05) is 30.2 Å². The number of aromatic nitrogens is 2. The third-order valence-electron chi connectivity index (χ3n) is 4.80. The lowest BCUT2D eigenvalue weighted by Crippen LogP contribution is -2.24. The van der Waals surface area contributed by atoms with Gasteiger partial charge in [0, 0.05) is 17.9 Å². The molecule has 1 aromatic heterocycles. The summed E-state index contributed by atoms with van der Waals surface area (Å²) >= 11 is 0. The molecule has 1 aliphatic heterocycles. The van der Waals surface area contributed by atoms with Gasteiger partial charge in [0.1, 0.15) is 12.4 Å². The van der Waals surface area contributed by atoms with Crippen molar-refractivity contribution in [3.63, 3.8) is 0 Å². The summed E-state index contributed by atoms with van der Waals surface area (Å²) in [6.45, 7) is 2.57. The molecule has 6 heteroatoms. The van der Waals surface area contributed by atoms with E-state index >= 15 is 0 Å². The lowest BCUT2D eigenvalue weighted by atomic mass is 9.87. The zero-order chi connectivity index (χ0) is 20.2. The van der Waals surface area contributed by atoms with Crippen LogP contribution in [0.3, 0.4) is 0 Å². The normalized spacial score (nSPS) is 15.2. The smallest absolute Gasteiger partial charge is 0.226 e. The molecule has 0 aliphatic carbocycles. The molecule has 1 aliphatic rings. The van der Waals surface area contributed by atoms with Gasteiger partial charge in [0.15, 0.2) is 11.5 Å². The van der Waals surface area contributed by atoms with Crippen molar-refractivity contribution in [3.05, 3.63) is 65.9 Å². The van der Waals surface area contributed by atoms with Crippen molar-refractivity contribution in [1.29, 1.82) is 0 Å². The van der Waals surface area contributed by atoms with E-state index in [-0.39, 0.29) is 18.4 Å². The number of para-hydroxylation sites is 1. The maximum Gasteiger partial charge on any atom is 0.226 e. The number of nitrogens with zero attached hydrogens (tertiary/aromatic N) is 2. The molecule has 2 aromatic carbocycles. The van der Waals surface area contributed by atoms with Gasteiger partial charge >= 0.3 is 0 Å². The van der Waals surface area contributed by atoms with Gasteiger partial charge in [-0.15, -0.1) is 6.42 Å². The number of hydrogen-bond donors (Lipinski definition) is 1. The SMILES string of the molecule is C#CCOc1ccc([C@@H]2CC(=O)Nc3c2cnn3-c2ccccc2)cc1OCC. The van der Waals surface area contributed by atoms with E-state index in [0.717, 1.165) is 16.8 Å². The Morgan fingerprint density at radius 2 is 2.03 bits per heavy atom. The van der Waals surface area contributed by atoms with Crippen LogP contribution in [-0.4, -0.2) is 28.9 Å². The van der Waals surface area contributed by atoms with Crippen LogP contribution in [0.15, 0.2) is 54.7 Å². The topological polar surface area (TPSA) is 65.4 Å². The van der Waals surface area contributed by atoms with Gasteiger partial charge in [-0.2, -0.15) is 5.10 Å². The summed E-state index contributed by atoms with van der Waals surface area (Å²) in [6.07, 6.45) is 7.45. The molecule has 1 amide bonds. The maximum atomic E-state index is 12.5.